The van der Waals surface area contributed by atoms with Gasteiger partial charge in [0.25, 0.3) is 0 Å². The van der Waals surface area contributed by atoms with Crippen molar-refractivity contribution in [2.75, 3.05) is 11.9 Å². The number of urea groups is 1. The van der Waals surface area contributed by atoms with Crippen molar-refractivity contribution < 1.29 is 4.79 Å². The topological polar surface area (TPSA) is 41.1 Å². The summed E-state index contributed by atoms with van der Waals surface area (Å²) < 4.78 is 0. The van der Waals surface area contributed by atoms with Crippen LogP contribution in [-0.4, -0.2) is 12.6 Å². The van der Waals surface area contributed by atoms with Crippen molar-refractivity contribution in [3.63, 3.8) is 0 Å². The van der Waals surface area contributed by atoms with Crippen LogP contribution in [0.2, 0.25) is 0 Å². The molecule has 126 valence electrons. The second-order valence-corrected chi connectivity index (χ2v) is 6.83. The first-order valence-corrected chi connectivity index (χ1v) is 8.86. The highest BCUT2D eigenvalue weighted by atomic mass is 16.2. The van der Waals surface area contributed by atoms with Gasteiger partial charge < -0.3 is 10.6 Å². The predicted molar refractivity (Wildman–Crippen MR) is 99.4 cm³/mol. The average Bonchev–Trinajstić information content (AvgIpc) is 2.63. The Bertz CT molecular complexity index is 675. The van der Waals surface area contributed by atoms with E-state index in [1.54, 1.807) is 0 Å². The molecule has 0 saturated heterocycles. The zero-order valence-electron chi connectivity index (χ0n) is 14.3. The number of anilines is 1. The van der Waals surface area contributed by atoms with Crippen molar-refractivity contribution in [2.24, 2.45) is 0 Å². The first-order valence-electron chi connectivity index (χ1n) is 8.86. The van der Waals surface area contributed by atoms with E-state index < -0.39 is 0 Å². The fourth-order valence-corrected chi connectivity index (χ4v) is 3.72. The minimum Gasteiger partial charge on any atom is -0.337 e. The average molecular weight is 322 g/mol. The van der Waals surface area contributed by atoms with Gasteiger partial charge in [-0.15, -0.1) is 0 Å². The maximum absolute atomic E-state index is 12.4. The number of rotatable bonds is 4. The number of carbonyl (C=O) groups is 1. The lowest BCUT2D eigenvalue weighted by Crippen LogP contribution is -2.43. The third kappa shape index (κ3) is 3.78. The number of aryl methyl sites for hydroxylation is 1. The van der Waals surface area contributed by atoms with Crippen molar-refractivity contribution in [1.82, 2.24) is 5.32 Å². The van der Waals surface area contributed by atoms with Crippen LogP contribution in [0.3, 0.4) is 0 Å². The molecule has 0 aliphatic heterocycles. The molecule has 0 heterocycles. The summed E-state index contributed by atoms with van der Waals surface area (Å²) in [5, 5.41) is 6.09. The number of amides is 2. The highest BCUT2D eigenvalue weighted by Gasteiger charge is 2.34. The van der Waals surface area contributed by atoms with Crippen molar-refractivity contribution in [1.29, 1.82) is 0 Å². The molecular formula is C21H26N2O. The van der Waals surface area contributed by atoms with E-state index in [2.05, 4.69) is 41.0 Å². The lowest BCUT2D eigenvalue weighted by molar-refractivity contribution is 0.240. The monoisotopic (exact) mass is 322 g/mol. The summed E-state index contributed by atoms with van der Waals surface area (Å²) >= 11 is 0. The molecule has 3 rings (SSSR count). The van der Waals surface area contributed by atoms with Gasteiger partial charge in [-0.3, -0.25) is 0 Å². The van der Waals surface area contributed by atoms with E-state index in [4.69, 9.17) is 0 Å². The molecule has 2 N–H and O–H groups in total. The van der Waals surface area contributed by atoms with Gasteiger partial charge in [-0.25, -0.2) is 4.79 Å². The fraction of sp³-hybridized carbons (Fsp3) is 0.381. The van der Waals surface area contributed by atoms with Gasteiger partial charge >= 0.3 is 6.03 Å². The van der Waals surface area contributed by atoms with Gasteiger partial charge in [-0.2, -0.15) is 0 Å². The Kier molecular flexibility index (Phi) is 5.19. The van der Waals surface area contributed by atoms with E-state index in [1.807, 2.05) is 31.2 Å². The number of nitrogens with one attached hydrogen (secondary N) is 2. The summed E-state index contributed by atoms with van der Waals surface area (Å²) in [6.45, 7) is 2.69. The van der Waals surface area contributed by atoms with Crippen molar-refractivity contribution in [3.05, 3.63) is 65.7 Å². The summed E-state index contributed by atoms with van der Waals surface area (Å²) in [5.41, 5.74) is 3.36. The molecule has 0 aromatic heterocycles. The summed E-state index contributed by atoms with van der Waals surface area (Å²) in [6, 6.07) is 18.4. The molecular weight excluding hydrogens is 296 g/mol. The van der Waals surface area contributed by atoms with E-state index in [-0.39, 0.29) is 11.4 Å². The van der Waals surface area contributed by atoms with Crippen LogP contribution in [0.1, 0.15) is 43.2 Å². The number of carbonyl (C=O) groups excluding carboxylic acids is 1. The molecule has 0 bridgehead atoms. The highest BCUT2D eigenvalue weighted by Crippen LogP contribution is 2.38. The number of benzene rings is 2. The zero-order valence-corrected chi connectivity index (χ0v) is 14.3. The SMILES string of the molecule is Cc1ccccc1NC(=O)NCC1(c2ccccc2)CCCCC1. The van der Waals surface area contributed by atoms with Gasteiger partial charge in [-0.1, -0.05) is 67.8 Å². The van der Waals surface area contributed by atoms with Crippen LogP contribution in [0.5, 0.6) is 0 Å². The quantitative estimate of drug-likeness (QED) is 0.815. The van der Waals surface area contributed by atoms with E-state index in [0.717, 1.165) is 24.1 Å². The summed E-state index contributed by atoms with van der Waals surface area (Å²) in [7, 11) is 0. The molecule has 1 fully saturated rings. The van der Waals surface area contributed by atoms with Crippen LogP contribution in [0.25, 0.3) is 0 Å². The maximum Gasteiger partial charge on any atom is 0.319 e. The number of hydrogen-bond acceptors (Lipinski definition) is 1. The molecule has 0 radical (unpaired) electrons. The van der Waals surface area contributed by atoms with Crippen LogP contribution in [0.4, 0.5) is 10.5 Å². The zero-order chi connectivity index (χ0) is 16.8. The lowest BCUT2D eigenvalue weighted by atomic mass is 9.69. The van der Waals surface area contributed by atoms with Crippen molar-refractivity contribution in [2.45, 2.75) is 44.4 Å². The second kappa shape index (κ2) is 7.52. The Balaban J connectivity index is 1.68. The third-order valence-corrected chi connectivity index (χ3v) is 5.18. The Labute approximate surface area is 144 Å². The largest absolute Gasteiger partial charge is 0.337 e. The molecule has 2 aromatic carbocycles. The fourth-order valence-electron chi connectivity index (χ4n) is 3.72. The van der Waals surface area contributed by atoms with E-state index in [1.165, 1.54) is 24.8 Å². The number of para-hydroxylation sites is 1. The maximum atomic E-state index is 12.4. The van der Waals surface area contributed by atoms with Gasteiger partial charge in [0.1, 0.15) is 0 Å². The normalized spacial score (nSPS) is 16.4. The molecule has 1 aliphatic carbocycles. The van der Waals surface area contributed by atoms with Crippen LogP contribution in [-0.2, 0) is 5.41 Å². The minimum absolute atomic E-state index is 0.0720. The summed E-state index contributed by atoms with van der Waals surface area (Å²) in [4.78, 5) is 12.4. The molecule has 0 atom stereocenters. The standard InChI is InChI=1S/C21H26N2O/c1-17-10-6-7-13-19(17)23-20(24)22-16-21(14-8-3-9-15-21)18-11-4-2-5-12-18/h2,4-7,10-13H,3,8-9,14-16H2,1H3,(H2,22,23,24). The Hall–Kier alpha value is -2.29. The Morgan fingerprint density at radius 3 is 2.33 bits per heavy atom. The smallest absolute Gasteiger partial charge is 0.319 e. The lowest BCUT2D eigenvalue weighted by Gasteiger charge is -2.38. The highest BCUT2D eigenvalue weighted by molar-refractivity contribution is 5.90. The van der Waals surface area contributed by atoms with Crippen LogP contribution in [0, 0.1) is 6.92 Å². The van der Waals surface area contributed by atoms with Crippen molar-refractivity contribution >= 4 is 11.7 Å². The molecule has 24 heavy (non-hydrogen) atoms. The molecule has 1 saturated carbocycles. The van der Waals surface area contributed by atoms with Gasteiger partial charge in [0.2, 0.25) is 0 Å². The van der Waals surface area contributed by atoms with Gasteiger partial charge in [0.15, 0.2) is 0 Å². The molecule has 3 nitrogen and oxygen atoms in total. The van der Waals surface area contributed by atoms with E-state index in [0.29, 0.717) is 6.54 Å². The molecule has 1 aliphatic rings. The molecule has 2 aromatic rings. The molecule has 3 heteroatoms. The number of hydrogen-bond donors (Lipinski definition) is 2. The van der Waals surface area contributed by atoms with E-state index in [9.17, 15) is 4.79 Å². The summed E-state index contributed by atoms with van der Waals surface area (Å²) in [5.74, 6) is 0. The predicted octanol–water partition coefficient (Wildman–Crippen LogP) is 5.02. The second-order valence-electron chi connectivity index (χ2n) is 6.83. The van der Waals surface area contributed by atoms with Crippen LogP contribution < -0.4 is 10.6 Å². The van der Waals surface area contributed by atoms with Gasteiger partial charge in [0, 0.05) is 17.6 Å². The van der Waals surface area contributed by atoms with Crippen molar-refractivity contribution in [3.8, 4) is 0 Å². The molecule has 0 spiro atoms. The van der Waals surface area contributed by atoms with E-state index >= 15 is 0 Å². The minimum atomic E-state index is -0.120. The van der Waals surface area contributed by atoms with Gasteiger partial charge in [0.05, 0.1) is 0 Å². The summed E-state index contributed by atoms with van der Waals surface area (Å²) in [6.07, 6.45) is 6.04. The first-order chi connectivity index (χ1) is 11.7. The molecule has 2 amide bonds. The molecule has 0 unspecified atom stereocenters. The Morgan fingerprint density at radius 1 is 0.958 bits per heavy atom. The van der Waals surface area contributed by atoms with Gasteiger partial charge in [-0.05, 0) is 37.0 Å². The first kappa shape index (κ1) is 16.6. The van der Waals surface area contributed by atoms with Crippen LogP contribution >= 0.6 is 0 Å². The third-order valence-electron chi connectivity index (χ3n) is 5.18. The van der Waals surface area contributed by atoms with Crippen LogP contribution in [0.15, 0.2) is 54.6 Å². The Morgan fingerprint density at radius 2 is 1.62 bits per heavy atom.